The van der Waals surface area contributed by atoms with Gasteiger partial charge in [0.1, 0.15) is 6.10 Å². The molecule has 2 fully saturated rings. The van der Waals surface area contributed by atoms with Crippen molar-refractivity contribution in [2.24, 2.45) is 5.92 Å². The molecule has 10 nitrogen and oxygen atoms in total. The number of carbonyl (C=O) groups is 1. The Balaban J connectivity index is 1.20. The van der Waals surface area contributed by atoms with Crippen LogP contribution >= 0.6 is 0 Å². The van der Waals surface area contributed by atoms with Gasteiger partial charge in [0.25, 0.3) is 5.78 Å². The van der Waals surface area contributed by atoms with Gasteiger partial charge in [-0.2, -0.15) is 10.1 Å². The van der Waals surface area contributed by atoms with E-state index in [1.807, 2.05) is 10.7 Å². The number of hydrogen-bond acceptors (Lipinski definition) is 6. The third-order valence-corrected chi connectivity index (χ3v) is 5.14. The highest BCUT2D eigenvalue weighted by Crippen LogP contribution is 2.34. The van der Waals surface area contributed by atoms with Gasteiger partial charge in [-0.05, 0) is 37.3 Å². The summed E-state index contributed by atoms with van der Waals surface area (Å²) < 4.78 is 9.52. The molecule has 0 spiro atoms. The van der Waals surface area contributed by atoms with Crippen LogP contribution in [-0.2, 0) is 17.8 Å². The fraction of sp³-hybridized carbons (Fsp3) is 0.500. The maximum Gasteiger partial charge on any atom is 0.315 e. The number of aromatic nitrogens is 6. The first-order valence-electron chi connectivity index (χ1n) is 9.60. The highest BCUT2D eigenvalue weighted by molar-refractivity contribution is 5.74. The minimum Gasteiger partial charge on any atom is -0.370 e. The highest BCUT2D eigenvalue weighted by Gasteiger charge is 2.34. The Kier molecular flexibility index (Phi) is 4.40. The molecule has 1 saturated heterocycles. The van der Waals surface area contributed by atoms with Crippen LogP contribution in [0.2, 0.25) is 0 Å². The Bertz CT molecular complexity index is 946. The number of rotatable bonds is 6. The smallest absolute Gasteiger partial charge is 0.315 e. The standard InChI is InChI=1S/C18H22N8O2/c27-18(20-10-15-23-17-19-6-1-8-25(17)24-15)22-13-5-9-28-16(13)14-4-7-21-26(14)11-12-2-3-12/h1,4,6-8,12-13,16H,2-3,5,9-11H2,(H2,20,22,27)/t13-,16-/m0/s1. The number of ether oxygens (including phenoxy) is 1. The molecule has 2 aliphatic rings. The van der Waals surface area contributed by atoms with Gasteiger partial charge in [0.15, 0.2) is 5.82 Å². The third-order valence-electron chi connectivity index (χ3n) is 5.14. The van der Waals surface area contributed by atoms with Crippen molar-refractivity contribution in [3.05, 3.63) is 42.2 Å². The van der Waals surface area contributed by atoms with E-state index in [0.717, 1.165) is 24.6 Å². The molecule has 10 heteroatoms. The summed E-state index contributed by atoms with van der Waals surface area (Å²) in [6, 6.07) is 3.41. The van der Waals surface area contributed by atoms with Gasteiger partial charge < -0.3 is 15.4 Å². The first-order chi connectivity index (χ1) is 13.8. The second-order valence-electron chi connectivity index (χ2n) is 7.29. The van der Waals surface area contributed by atoms with Gasteiger partial charge in [0.2, 0.25) is 0 Å². The number of fused-ring (bicyclic) bond motifs is 1. The zero-order valence-corrected chi connectivity index (χ0v) is 15.4. The van der Waals surface area contributed by atoms with E-state index in [2.05, 4.69) is 30.8 Å². The number of amides is 2. The van der Waals surface area contributed by atoms with Crippen LogP contribution in [0.25, 0.3) is 5.78 Å². The zero-order valence-electron chi connectivity index (χ0n) is 15.4. The summed E-state index contributed by atoms with van der Waals surface area (Å²) in [5.74, 6) is 1.74. The summed E-state index contributed by atoms with van der Waals surface area (Å²) >= 11 is 0. The molecule has 0 aromatic carbocycles. The normalized spacial score (nSPS) is 21.9. The van der Waals surface area contributed by atoms with Crippen LogP contribution in [0.1, 0.15) is 36.9 Å². The van der Waals surface area contributed by atoms with Crippen molar-refractivity contribution >= 4 is 11.8 Å². The summed E-state index contributed by atoms with van der Waals surface area (Å²) in [4.78, 5) is 20.8. The molecule has 4 heterocycles. The molecule has 3 aromatic rings. The summed E-state index contributed by atoms with van der Waals surface area (Å²) in [5, 5.41) is 14.6. The van der Waals surface area contributed by atoms with Crippen molar-refractivity contribution in [3.63, 3.8) is 0 Å². The fourth-order valence-electron chi connectivity index (χ4n) is 3.54. The van der Waals surface area contributed by atoms with Crippen LogP contribution in [0, 0.1) is 5.92 Å². The molecule has 0 unspecified atom stereocenters. The van der Waals surface area contributed by atoms with Crippen molar-refractivity contribution in [3.8, 4) is 0 Å². The van der Waals surface area contributed by atoms with Crippen molar-refractivity contribution in [2.45, 2.75) is 44.5 Å². The lowest BCUT2D eigenvalue weighted by Gasteiger charge is -2.21. The van der Waals surface area contributed by atoms with E-state index in [0.29, 0.717) is 18.2 Å². The molecule has 146 valence electrons. The van der Waals surface area contributed by atoms with Gasteiger partial charge in [-0.15, -0.1) is 5.10 Å². The lowest BCUT2D eigenvalue weighted by molar-refractivity contribution is 0.0921. The van der Waals surface area contributed by atoms with E-state index in [1.165, 1.54) is 12.8 Å². The maximum absolute atomic E-state index is 12.4. The van der Waals surface area contributed by atoms with E-state index in [9.17, 15) is 4.79 Å². The fourth-order valence-corrected chi connectivity index (χ4v) is 3.54. The van der Waals surface area contributed by atoms with E-state index in [-0.39, 0.29) is 24.7 Å². The first-order valence-corrected chi connectivity index (χ1v) is 9.60. The molecule has 2 N–H and O–H groups in total. The van der Waals surface area contributed by atoms with Gasteiger partial charge in [-0.3, -0.25) is 4.68 Å². The predicted molar refractivity (Wildman–Crippen MR) is 98.2 cm³/mol. The second-order valence-corrected chi connectivity index (χ2v) is 7.29. The monoisotopic (exact) mass is 382 g/mol. The molecule has 2 atom stereocenters. The topological polar surface area (TPSA) is 111 Å². The summed E-state index contributed by atoms with van der Waals surface area (Å²) in [7, 11) is 0. The van der Waals surface area contributed by atoms with Crippen molar-refractivity contribution in [2.75, 3.05) is 6.61 Å². The molecule has 3 aromatic heterocycles. The average molecular weight is 382 g/mol. The zero-order chi connectivity index (χ0) is 18.9. The Hall–Kier alpha value is -3.01. The minimum absolute atomic E-state index is 0.0923. The van der Waals surface area contributed by atoms with Crippen LogP contribution in [0.15, 0.2) is 30.7 Å². The molecule has 5 rings (SSSR count). The lowest BCUT2D eigenvalue weighted by atomic mass is 10.1. The Morgan fingerprint density at radius 3 is 3.07 bits per heavy atom. The average Bonchev–Trinajstić information content (AvgIpc) is 3.08. The van der Waals surface area contributed by atoms with Crippen molar-refractivity contribution < 1.29 is 9.53 Å². The molecule has 1 aliphatic carbocycles. The molecule has 0 radical (unpaired) electrons. The highest BCUT2D eigenvalue weighted by atomic mass is 16.5. The number of hydrogen-bond donors (Lipinski definition) is 2. The maximum atomic E-state index is 12.4. The Labute approximate surface area is 161 Å². The minimum atomic E-state index is -0.263. The van der Waals surface area contributed by atoms with E-state index in [4.69, 9.17) is 4.74 Å². The molecule has 0 bridgehead atoms. The SMILES string of the molecule is O=C(NCc1nc2ncccn2n1)N[C@H]1CCO[C@@H]1c1ccnn1CC1CC1. The Morgan fingerprint density at radius 1 is 1.29 bits per heavy atom. The van der Waals surface area contributed by atoms with Crippen molar-refractivity contribution in [1.82, 2.24) is 40.0 Å². The molecule has 28 heavy (non-hydrogen) atoms. The predicted octanol–water partition coefficient (Wildman–Crippen LogP) is 1.06. The second kappa shape index (κ2) is 7.19. The van der Waals surface area contributed by atoms with E-state index >= 15 is 0 Å². The van der Waals surface area contributed by atoms with Crippen LogP contribution in [-0.4, -0.2) is 48.0 Å². The molecular weight excluding hydrogens is 360 g/mol. The number of nitrogens with one attached hydrogen (secondary N) is 2. The van der Waals surface area contributed by atoms with Gasteiger partial charge in [-0.1, -0.05) is 0 Å². The largest absolute Gasteiger partial charge is 0.370 e. The van der Waals surface area contributed by atoms with Crippen LogP contribution in [0.5, 0.6) is 0 Å². The molecule has 1 saturated carbocycles. The molecule has 1 aliphatic heterocycles. The molecular formula is C18H22N8O2. The first kappa shape index (κ1) is 17.1. The Morgan fingerprint density at radius 2 is 2.21 bits per heavy atom. The number of urea groups is 1. The molecule has 2 amide bonds. The third kappa shape index (κ3) is 3.55. The van der Waals surface area contributed by atoms with Crippen LogP contribution in [0.4, 0.5) is 4.79 Å². The van der Waals surface area contributed by atoms with E-state index < -0.39 is 0 Å². The van der Waals surface area contributed by atoms with E-state index in [1.54, 1.807) is 29.2 Å². The number of carbonyl (C=O) groups excluding carboxylic acids is 1. The van der Waals surface area contributed by atoms with Crippen molar-refractivity contribution in [1.29, 1.82) is 0 Å². The number of nitrogens with zero attached hydrogens (tertiary/aromatic N) is 6. The lowest BCUT2D eigenvalue weighted by Crippen LogP contribution is -2.43. The summed E-state index contributed by atoms with van der Waals surface area (Å²) in [5.41, 5.74) is 1.03. The summed E-state index contributed by atoms with van der Waals surface area (Å²) in [6.07, 6.45) is 8.35. The van der Waals surface area contributed by atoms with Gasteiger partial charge in [0.05, 0.1) is 18.3 Å². The van der Waals surface area contributed by atoms with Gasteiger partial charge in [-0.25, -0.2) is 14.3 Å². The summed E-state index contributed by atoms with van der Waals surface area (Å²) in [6.45, 7) is 1.77. The van der Waals surface area contributed by atoms with Crippen LogP contribution in [0.3, 0.4) is 0 Å². The quantitative estimate of drug-likeness (QED) is 0.659. The van der Waals surface area contributed by atoms with Gasteiger partial charge in [0, 0.05) is 31.7 Å². The van der Waals surface area contributed by atoms with Crippen LogP contribution < -0.4 is 10.6 Å². The van der Waals surface area contributed by atoms with Gasteiger partial charge >= 0.3 is 6.03 Å².